The Kier molecular flexibility index (Phi) is 5.74. The van der Waals surface area contributed by atoms with E-state index in [1.807, 2.05) is 18.2 Å². The minimum absolute atomic E-state index is 0. The minimum Gasteiger partial charge on any atom is -0.345 e. The summed E-state index contributed by atoms with van der Waals surface area (Å²) < 4.78 is 13.3. The first-order chi connectivity index (χ1) is 10.7. The van der Waals surface area contributed by atoms with Crippen molar-refractivity contribution in [2.24, 2.45) is 5.73 Å². The molecule has 23 heavy (non-hydrogen) atoms. The van der Waals surface area contributed by atoms with Crippen molar-refractivity contribution >= 4 is 18.3 Å². The van der Waals surface area contributed by atoms with Crippen LogP contribution in [0.1, 0.15) is 45.9 Å². The molecular weight excluding hydrogens is 315 g/mol. The summed E-state index contributed by atoms with van der Waals surface area (Å²) in [6, 6.07) is 12.1. The number of hydrogen-bond donors (Lipinski definition) is 2. The van der Waals surface area contributed by atoms with E-state index < -0.39 is 0 Å². The van der Waals surface area contributed by atoms with E-state index in [1.54, 1.807) is 18.2 Å². The molecule has 1 unspecified atom stereocenters. The normalized spacial score (nSPS) is 16.2. The molecule has 1 aliphatic rings. The molecule has 0 spiro atoms. The van der Waals surface area contributed by atoms with Gasteiger partial charge in [0.05, 0.1) is 6.04 Å². The molecule has 0 aliphatic heterocycles. The van der Waals surface area contributed by atoms with E-state index in [0.29, 0.717) is 12.1 Å². The van der Waals surface area contributed by atoms with Crippen LogP contribution in [0.4, 0.5) is 4.39 Å². The topological polar surface area (TPSA) is 55.1 Å². The van der Waals surface area contributed by atoms with Gasteiger partial charge in [0.15, 0.2) is 0 Å². The maximum atomic E-state index is 13.3. The first kappa shape index (κ1) is 17.4. The van der Waals surface area contributed by atoms with E-state index in [1.165, 1.54) is 6.07 Å². The number of fused-ring (bicyclic) bond motifs is 1. The highest BCUT2D eigenvalue weighted by molar-refractivity contribution is 5.94. The Hall–Kier alpha value is -1.91. The zero-order valence-corrected chi connectivity index (χ0v) is 13.5. The van der Waals surface area contributed by atoms with Gasteiger partial charge in [0.1, 0.15) is 5.82 Å². The summed E-state index contributed by atoms with van der Waals surface area (Å²) in [5.41, 5.74) is 9.17. The second-order valence-corrected chi connectivity index (χ2v) is 5.67. The van der Waals surface area contributed by atoms with Crippen LogP contribution in [0.25, 0.3) is 0 Å². The summed E-state index contributed by atoms with van der Waals surface area (Å²) >= 11 is 0. The quantitative estimate of drug-likeness (QED) is 0.902. The largest absolute Gasteiger partial charge is 0.345 e. The summed E-state index contributed by atoms with van der Waals surface area (Å²) in [4.78, 5) is 12.4. The molecule has 0 saturated heterocycles. The molecule has 0 heterocycles. The summed E-state index contributed by atoms with van der Waals surface area (Å²) in [5.74, 6) is -0.334. The molecule has 122 valence electrons. The van der Waals surface area contributed by atoms with Gasteiger partial charge in [0, 0.05) is 12.1 Å². The molecule has 0 saturated carbocycles. The third-order valence-corrected chi connectivity index (χ3v) is 4.15. The Balaban J connectivity index is 0.00000192. The van der Waals surface area contributed by atoms with E-state index >= 15 is 0 Å². The first-order valence-electron chi connectivity index (χ1n) is 7.55. The van der Waals surface area contributed by atoms with Gasteiger partial charge in [-0.1, -0.05) is 18.2 Å². The van der Waals surface area contributed by atoms with Crippen LogP contribution in [0.5, 0.6) is 0 Å². The molecule has 3 nitrogen and oxygen atoms in total. The molecule has 1 amide bonds. The third kappa shape index (κ3) is 3.89. The number of carbonyl (C=O) groups is 1. The molecule has 2 aromatic carbocycles. The fourth-order valence-electron chi connectivity index (χ4n) is 3.01. The van der Waals surface area contributed by atoms with Crippen molar-refractivity contribution in [2.45, 2.75) is 31.8 Å². The Labute approximate surface area is 141 Å². The maximum absolute atomic E-state index is 13.3. The predicted molar refractivity (Wildman–Crippen MR) is 91.1 cm³/mol. The first-order valence-corrected chi connectivity index (χ1v) is 7.55. The molecule has 0 fully saturated rings. The number of aryl methyl sites for hydroxylation is 1. The van der Waals surface area contributed by atoms with Crippen molar-refractivity contribution < 1.29 is 9.18 Å². The highest BCUT2D eigenvalue weighted by Crippen LogP contribution is 2.30. The fraction of sp³-hybridized carbons (Fsp3) is 0.278. The van der Waals surface area contributed by atoms with Gasteiger partial charge in [0.25, 0.3) is 5.91 Å². The maximum Gasteiger partial charge on any atom is 0.251 e. The van der Waals surface area contributed by atoms with Crippen molar-refractivity contribution in [1.29, 1.82) is 0 Å². The van der Waals surface area contributed by atoms with E-state index in [-0.39, 0.29) is 30.2 Å². The van der Waals surface area contributed by atoms with Crippen molar-refractivity contribution in [2.75, 3.05) is 0 Å². The highest BCUT2D eigenvalue weighted by atomic mass is 35.5. The molecule has 5 heteroatoms. The van der Waals surface area contributed by atoms with E-state index in [9.17, 15) is 9.18 Å². The lowest BCUT2D eigenvalue weighted by Crippen LogP contribution is -2.31. The highest BCUT2D eigenvalue weighted by Gasteiger charge is 2.22. The van der Waals surface area contributed by atoms with Crippen molar-refractivity contribution in [1.82, 2.24) is 5.32 Å². The van der Waals surface area contributed by atoms with E-state index in [2.05, 4.69) is 5.32 Å². The smallest absolute Gasteiger partial charge is 0.251 e. The average molecular weight is 335 g/mol. The second kappa shape index (κ2) is 7.57. The lowest BCUT2D eigenvalue weighted by Gasteiger charge is -2.26. The van der Waals surface area contributed by atoms with Crippen LogP contribution in [-0.4, -0.2) is 5.91 Å². The monoisotopic (exact) mass is 334 g/mol. The van der Waals surface area contributed by atoms with Gasteiger partial charge in [0.2, 0.25) is 0 Å². The molecule has 0 radical (unpaired) electrons. The number of hydrogen-bond acceptors (Lipinski definition) is 2. The molecule has 2 aromatic rings. The van der Waals surface area contributed by atoms with Gasteiger partial charge in [-0.15, -0.1) is 12.4 Å². The Morgan fingerprint density at radius 3 is 2.87 bits per heavy atom. The Morgan fingerprint density at radius 2 is 2.09 bits per heavy atom. The molecule has 0 aromatic heterocycles. The van der Waals surface area contributed by atoms with Gasteiger partial charge in [-0.05, 0) is 60.2 Å². The number of nitrogens with one attached hydrogen (secondary N) is 1. The Bertz CT molecular complexity index is 705. The van der Waals surface area contributed by atoms with Crippen LogP contribution in [0.2, 0.25) is 0 Å². The van der Waals surface area contributed by atoms with Gasteiger partial charge >= 0.3 is 0 Å². The standard InChI is InChI=1S/C18H19FN2O.ClH/c19-15-7-8-16-13(10-15)4-2-6-17(16)21-18(22)14-5-1-3-12(9-14)11-20;/h1,3,5,7-10,17H,2,4,6,11,20H2,(H,21,22);1H. The third-order valence-electron chi connectivity index (χ3n) is 4.15. The van der Waals surface area contributed by atoms with Gasteiger partial charge < -0.3 is 11.1 Å². The summed E-state index contributed by atoms with van der Waals surface area (Å²) in [6.07, 6.45) is 2.69. The van der Waals surface area contributed by atoms with E-state index in [4.69, 9.17) is 5.73 Å². The van der Waals surface area contributed by atoms with Crippen molar-refractivity contribution in [3.05, 3.63) is 70.5 Å². The zero-order chi connectivity index (χ0) is 15.5. The lowest BCUT2D eigenvalue weighted by atomic mass is 9.87. The number of halogens is 2. The number of carbonyl (C=O) groups excluding carboxylic acids is 1. The number of nitrogens with two attached hydrogens (primary N) is 1. The lowest BCUT2D eigenvalue weighted by molar-refractivity contribution is 0.0932. The Morgan fingerprint density at radius 1 is 1.26 bits per heavy atom. The second-order valence-electron chi connectivity index (χ2n) is 5.67. The van der Waals surface area contributed by atoms with Crippen molar-refractivity contribution in [3.63, 3.8) is 0 Å². The summed E-state index contributed by atoms with van der Waals surface area (Å²) in [7, 11) is 0. The van der Waals surface area contributed by atoms with E-state index in [0.717, 1.165) is 36.0 Å². The van der Waals surface area contributed by atoms with Crippen LogP contribution >= 0.6 is 12.4 Å². The number of rotatable bonds is 3. The number of benzene rings is 2. The minimum atomic E-state index is -0.221. The van der Waals surface area contributed by atoms with Crippen LogP contribution in [0.15, 0.2) is 42.5 Å². The molecule has 0 bridgehead atoms. The van der Waals surface area contributed by atoms with Gasteiger partial charge in [-0.2, -0.15) is 0 Å². The molecule has 3 rings (SSSR count). The van der Waals surface area contributed by atoms with Crippen molar-refractivity contribution in [3.8, 4) is 0 Å². The van der Waals surface area contributed by atoms with Crippen LogP contribution in [0, 0.1) is 5.82 Å². The van der Waals surface area contributed by atoms with Crippen LogP contribution < -0.4 is 11.1 Å². The fourth-order valence-corrected chi connectivity index (χ4v) is 3.01. The summed E-state index contributed by atoms with van der Waals surface area (Å²) in [6.45, 7) is 0.409. The molecular formula is C18H20ClFN2O. The molecule has 1 atom stereocenters. The SMILES string of the molecule is Cl.NCc1cccc(C(=O)NC2CCCc3cc(F)ccc32)c1. The molecule has 3 N–H and O–H groups in total. The zero-order valence-electron chi connectivity index (χ0n) is 12.7. The predicted octanol–water partition coefficient (Wildman–Crippen LogP) is 3.51. The van der Waals surface area contributed by atoms with Gasteiger partial charge in [-0.25, -0.2) is 4.39 Å². The number of amides is 1. The van der Waals surface area contributed by atoms with Crippen LogP contribution in [0.3, 0.4) is 0 Å². The average Bonchev–Trinajstić information content (AvgIpc) is 2.54. The van der Waals surface area contributed by atoms with Gasteiger partial charge in [-0.3, -0.25) is 4.79 Å². The van der Waals surface area contributed by atoms with Crippen LogP contribution in [-0.2, 0) is 13.0 Å². The molecule has 1 aliphatic carbocycles. The summed E-state index contributed by atoms with van der Waals surface area (Å²) in [5, 5.41) is 3.06.